The first kappa shape index (κ1) is 14.9. The SMILES string of the molecule is O=C1CCSc2ccc(C(=O)N3CC[C@H](C(=O)O)C3)cc2N1. The number of benzene rings is 1. The van der Waals surface area contributed by atoms with Gasteiger partial charge in [-0.25, -0.2) is 0 Å². The van der Waals surface area contributed by atoms with Gasteiger partial charge in [0.2, 0.25) is 5.91 Å². The van der Waals surface area contributed by atoms with Crippen molar-refractivity contribution in [3.05, 3.63) is 23.8 Å². The first-order valence-corrected chi connectivity index (χ1v) is 8.12. The Labute approximate surface area is 131 Å². The summed E-state index contributed by atoms with van der Waals surface area (Å²) in [4.78, 5) is 37.6. The van der Waals surface area contributed by atoms with Crippen LogP contribution in [0.4, 0.5) is 5.69 Å². The molecular weight excluding hydrogens is 304 g/mol. The normalized spacial score (nSPS) is 21.0. The van der Waals surface area contributed by atoms with Gasteiger partial charge in [0.05, 0.1) is 11.6 Å². The quantitative estimate of drug-likeness (QED) is 0.865. The van der Waals surface area contributed by atoms with Crippen LogP contribution in [0.1, 0.15) is 23.2 Å². The van der Waals surface area contributed by atoms with E-state index in [0.29, 0.717) is 30.6 Å². The largest absolute Gasteiger partial charge is 0.481 e. The second-order valence-corrected chi connectivity index (χ2v) is 6.57. The fourth-order valence-electron chi connectivity index (χ4n) is 2.68. The summed E-state index contributed by atoms with van der Waals surface area (Å²) in [5.41, 5.74) is 1.14. The average molecular weight is 320 g/mol. The molecule has 0 spiro atoms. The van der Waals surface area contributed by atoms with Crippen LogP contribution in [0.2, 0.25) is 0 Å². The lowest BCUT2D eigenvalue weighted by atomic mass is 10.1. The third-order valence-corrected chi connectivity index (χ3v) is 4.99. The first-order valence-electron chi connectivity index (χ1n) is 7.13. The van der Waals surface area contributed by atoms with E-state index in [0.717, 1.165) is 10.6 Å². The Morgan fingerprint density at radius 1 is 1.36 bits per heavy atom. The molecule has 2 heterocycles. The Morgan fingerprint density at radius 3 is 2.91 bits per heavy atom. The minimum atomic E-state index is -0.860. The van der Waals surface area contributed by atoms with Gasteiger partial charge >= 0.3 is 5.97 Å². The third kappa shape index (κ3) is 2.94. The zero-order valence-corrected chi connectivity index (χ0v) is 12.7. The summed E-state index contributed by atoms with van der Waals surface area (Å²) < 4.78 is 0. The number of fused-ring (bicyclic) bond motifs is 1. The number of carboxylic acid groups (broad SMARTS) is 1. The van der Waals surface area contributed by atoms with E-state index in [4.69, 9.17) is 5.11 Å². The molecule has 1 aromatic rings. The van der Waals surface area contributed by atoms with E-state index in [2.05, 4.69) is 5.32 Å². The Bertz CT molecular complexity index is 646. The van der Waals surface area contributed by atoms with Gasteiger partial charge in [-0.1, -0.05) is 0 Å². The summed E-state index contributed by atoms with van der Waals surface area (Å²) >= 11 is 1.58. The van der Waals surface area contributed by atoms with Crippen LogP contribution < -0.4 is 5.32 Å². The zero-order valence-electron chi connectivity index (χ0n) is 11.9. The molecule has 0 saturated carbocycles. The van der Waals surface area contributed by atoms with Gasteiger partial charge in [-0.15, -0.1) is 11.8 Å². The van der Waals surface area contributed by atoms with Crippen LogP contribution in [0.3, 0.4) is 0 Å². The predicted octanol–water partition coefficient (Wildman–Crippen LogP) is 1.67. The lowest BCUT2D eigenvalue weighted by molar-refractivity contribution is -0.141. The van der Waals surface area contributed by atoms with Crippen LogP contribution in [-0.2, 0) is 9.59 Å². The summed E-state index contributed by atoms with van der Waals surface area (Å²) in [6.07, 6.45) is 0.938. The topological polar surface area (TPSA) is 86.7 Å². The second-order valence-electron chi connectivity index (χ2n) is 5.43. The van der Waals surface area contributed by atoms with Crippen molar-refractivity contribution in [2.75, 3.05) is 24.2 Å². The summed E-state index contributed by atoms with van der Waals surface area (Å²) in [6, 6.07) is 5.26. The molecule has 7 heteroatoms. The standard InChI is InChI=1S/C15H16N2O4S/c18-13-4-6-22-12-2-1-9(7-11(12)16-13)14(19)17-5-3-10(8-17)15(20)21/h1-2,7,10H,3-6,8H2,(H,16,18)(H,20,21)/t10-/m0/s1. The Kier molecular flexibility index (Phi) is 4.06. The summed E-state index contributed by atoms with van der Waals surface area (Å²) in [5, 5.41) is 11.8. The minimum Gasteiger partial charge on any atom is -0.481 e. The van der Waals surface area contributed by atoms with E-state index >= 15 is 0 Å². The number of amides is 2. The third-order valence-electron chi connectivity index (χ3n) is 3.91. The second kappa shape index (κ2) is 6.00. The molecule has 3 rings (SSSR count). The molecule has 2 N–H and O–H groups in total. The molecule has 0 bridgehead atoms. The van der Waals surface area contributed by atoms with Crippen molar-refractivity contribution in [1.29, 1.82) is 0 Å². The van der Waals surface area contributed by atoms with Gasteiger partial charge in [-0.3, -0.25) is 14.4 Å². The van der Waals surface area contributed by atoms with Crippen molar-refractivity contribution >= 4 is 35.2 Å². The molecule has 0 unspecified atom stereocenters. The lowest BCUT2D eigenvalue weighted by Crippen LogP contribution is -2.30. The van der Waals surface area contributed by atoms with E-state index in [-0.39, 0.29) is 18.4 Å². The smallest absolute Gasteiger partial charge is 0.308 e. The number of aliphatic carboxylic acids is 1. The Morgan fingerprint density at radius 2 is 2.18 bits per heavy atom. The zero-order chi connectivity index (χ0) is 15.7. The highest BCUT2D eigenvalue weighted by atomic mass is 32.2. The van der Waals surface area contributed by atoms with Crippen LogP contribution >= 0.6 is 11.8 Å². The molecule has 1 fully saturated rings. The number of hydrogen-bond acceptors (Lipinski definition) is 4. The van der Waals surface area contributed by atoms with Crippen LogP contribution in [-0.4, -0.2) is 46.6 Å². The minimum absolute atomic E-state index is 0.0528. The number of hydrogen-bond donors (Lipinski definition) is 2. The van der Waals surface area contributed by atoms with E-state index < -0.39 is 11.9 Å². The summed E-state index contributed by atoms with van der Waals surface area (Å²) in [7, 11) is 0. The molecule has 1 atom stereocenters. The number of anilines is 1. The van der Waals surface area contributed by atoms with E-state index in [1.54, 1.807) is 28.8 Å². The fraction of sp³-hybridized carbons (Fsp3) is 0.400. The van der Waals surface area contributed by atoms with Gasteiger partial charge in [0.1, 0.15) is 0 Å². The van der Waals surface area contributed by atoms with Crippen molar-refractivity contribution in [3.63, 3.8) is 0 Å². The van der Waals surface area contributed by atoms with Crippen molar-refractivity contribution < 1.29 is 19.5 Å². The summed E-state index contributed by atoms with van der Waals surface area (Å²) in [5.74, 6) is -0.864. The number of carbonyl (C=O) groups is 3. The molecule has 22 heavy (non-hydrogen) atoms. The molecule has 1 aromatic carbocycles. The summed E-state index contributed by atoms with van der Waals surface area (Å²) in [6.45, 7) is 0.695. The van der Waals surface area contributed by atoms with Gasteiger partial charge in [0.15, 0.2) is 0 Å². The fourth-order valence-corrected chi connectivity index (χ4v) is 3.62. The van der Waals surface area contributed by atoms with Crippen LogP contribution in [0.25, 0.3) is 0 Å². The van der Waals surface area contributed by atoms with Gasteiger partial charge in [-0.2, -0.15) is 0 Å². The Hall–Kier alpha value is -2.02. The molecule has 116 valence electrons. The number of carbonyl (C=O) groups excluding carboxylic acids is 2. The molecule has 2 aliphatic heterocycles. The maximum Gasteiger partial charge on any atom is 0.308 e. The number of nitrogens with zero attached hydrogens (tertiary/aromatic N) is 1. The maximum atomic E-state index is 12.5. The number of carboxylic acids is 1. The van der Waals surface area contributed by atoms with Gasteiger partial charge in [-0.05, 0) is 24.6 Å². The number of rotatable bonds is 2. The Balaban J connectivity index is 1.79. The molecule has 0 aromatic heterocycles. The van der Waals surface area contributed by atoms with Crippen LogP contribution in [0.5, 0.6) is 0 Å². The van der Waals surface area contributed by atoms with Crippen molar-refractivity contribution in [2.24, 2.45) is 5.92 Å². The molecule has 6 nitrogen and oxygen atoms in total. The van der Waals surface area contributed by atoms with Gasteiger partial charge in [0, 0.05) is 35.7 Å². The first-order chi connectivity index (χ1) is 10.5. The molecule has 2 amide bonds. The van der Waals surface area contributed by atoms with E-state index in [1.807, 2.05) is 6.07 Å². The highest BCUT2D eigenvalue weighted by molar-refractivity contribution is 7.99. The van der Waals surface area contributed by atoms with Gasteiger partial charge < -0.3 is 15.3 Å². The maximum absolute atomic E-state index is 12.5. The molecule has 0 radical (unpaired) electrons. The monoisotopic (exact) mass is 320 g/mol. The number of thioether (sulfide) groups is 1. The molecule has 0 aliphatic carbocycles. The van der Waals surface area contributed by atoms with Gasteiger partial charge in [0.25, 0.3) is 5.91 Å². The van der Waals surface area contributed by atoms with Crippen molar-refractivity contribution in [1.82, 2.24) is 4.90 Å². The molecule has 1 saturated heterocycles. The predicted molar refractivity (Wildman–Crippen MR) is 82.1 cm³/mol. The number of nitrogens with one attached hydrogen (secondary N) is 1. The van der Waals surface area contributed by atoms with E-state index in [9.17, 15) is 14.4 Å². The van der Waals surface area contributed by atoms with Crippen LogP contribution in [0.15, 0.2) is 23.1 Å². The highest BCUT2D eigenvalue weighted by Gasteiger charge is 2.31. The van der Waals surface area contributed by atoms with Crippen molar-refractivity contribution in [2.45, 2.75) is 17.7 Å². The average Bonchev–Trinajstić information content (AvgIpc) is 2.90. The van der Waals surface area contributed by atoms with Crippen LogP contribution in [0, 0.1) is 5.92 Å². The lowest BCUT2D eigenvalue weighted by Gasteiger charge is -2.17. The molecular formula is C15H16N2O4S. The highest BCUT2D eigenvalue weighted by Crippen LogP contribution is 2.32. The number of likely N-dealkylation sites (tertiary alicyclic amines) is 1. The van der Waals surface area contributed by atoms with Crippen molar-refractivity contribution in [3.8, 4) is 0 Å². The van der Waals surface area contributed by atoms with E-state index in [1.165, 1.54) is 0 Å². The molecule has 2 aliphatic rings.